The molecule has 0 atom stereocenters. The van der Waals surface area contributed by atoms with Crippen molar-refractivity contribution in [2.75, 3.05) is 25.6 Å². The number of amides is 2. The first kappa shape index (κ1) is 18.1. The van der Waals surface area contributed by atoms with Crippen LogP contribution in [0.25, 0.3) is 21.8 Å². The highest BCUT2D eigenvalue weighted by atomic mass is 16.5. The van der Waals surface area contributed by atoms with Crippen LogP contribution in [-0.4, -0.2) is 35.4 Å². The van der Waals surface area contributed by atoms with Gasteiger partial charge in [0.05, 0.1) is 17.8 Å². The van der Waals surface area contributed by atoms with Gasteiger partial charge in [0.2, 0.25) is 0 Å². The average Bonchev–Trinajstić information content (AvgIpc) is 3.28. The minimum Gasteiger partial charge on any atom is -0.383 e. The van der Waals surface area contributed by atoms with Crippen molar-refractivity contribution in [2.45, 2.75) is 13.1 Å². The molecule has 6 nitrogen and oxygen atoms in total. The van der Waals surface area contributed by atoms with E-state index >= 15 is 0 Å². The Kier molecular flexibility index (Phi) is 5.30. The molecule has 2 aromatic carbocycles. The Hall–Kier alpha value is -3.25. The number of fused-ring (bicyclic) bond motifs is 2. The molecule has 28 heavy (non-hydrogen) atoms. The predicted octanol–water partition coefficient (Wildman–Crippen LogP) is 4.06. The van der Waals surface area contributed by atoms with Crippen molar-refractivity contribution in [1.29, 1.82) is 0 Å². The highest BCUT2D eigenvalue weighted by Crippen LogP contribution is 2.25. The van der Waals surface area contributed by atoms with Gasteiger partial charge in [-0.2, -0.15) is 0 Å². The molecule has 4 rings (SSSR count). The molecule has 2 N–H and O–H groups in total. The first-order chi connectivity index (χ1) is 13.8. The van der Waals surface area contributed by atoms with Crippen molar-refractivity contribution in [2.24, 2.45) is 0 Å². The minimum absolute atomic E-state index is 0.203. The number of carbonyl (C=O) groups excluding carboxylic acids is 1. The van der Waals surface area contributed by atoms with Crippen LogP contribution < -0.4 is 10.6 Å². The molecule has 0 radical (unpaired) electrons. The number of benzene rings is 2. The predicted molar refractivity (Wildman–Crippen MR) is 113 cm³/mol. The highest BCUT2D eigenvalue weighted by Gasteiger charge is 2.10. The molecule has 6 heteroatoms. The van der Waals surface area contributed by atoms with Crippen molar-refractivity contribution in [3.63, 3.8) is 0 Å². The number of nitrogens with one attached hydrogen (secondary N) is 2. The van der Waals surface area contributed by atoms with Gasteiger partial charge in [0.15, 0.2) is 0 Å². The summed E-state index contributed by atoms with van der Waals surface area (Å²) in [6.07, 6.45) is 4.01. The van der Waals surface area contributed by atoms with Crippen LogP contribution in [0.4, 0.5) is 10.5 Å². The van der Waals surface area contributed by atoms with Crippen LogP contribution in [-0.2, 0) is 17.8 Å². The van der Waals surface area contributed by atoms with Crippen molar-refractivity contribution >= 4 is 33.5 Å². The number of urea groups is 1. The number of carbonyl (C=O) groups is 1. The van der Waals surface area contributed by atoms with E-state index in [1.54, 1.807) is 7.11 Å². The molecule has 0 unspecified atom stereocenters. The Bertz CT molecular complexity index is 1100. The number of nitrogens with zero attached hydrogens (tertiary/aromatic N) is 2. The zero-order valence-electron chi connectivity index (χ0n) is 15.9. The molecule has 2 aromatic heterocycles. The molecule has 0 saturated heterocycles. The van der Waals surface area contributed by atoms with E-state index in [0.717, 1.165) is 29.7 Å². The third kappa shape index (κ3) is 3.73. The van der Waals surface area contributed by atoms with Gasteiger partial charge in [-0.25, -0.2) is 4.79 Å². The summed E-state index contributed by atoms with van der Waals surface area (Å²) in [5.41, 5.74) is 3.05. The van der Waals surface area contributed by atoms with Crippen LogP contribution in [0, 0.1) is 0 Å². The second-order valence-corrected chi connectivity index (χ2v) is 6.69. The molecule has 0 aliphatic rings. The number of hydrogen-bond acceptors (Lipinski definition) is 2. The summed E-state index contributed by atoms with van der Waals surface area (Å²) in [7, 11) is 1.69. The largest absolute Gasteiger partial charge is 0.383 e. The first-order valence-corrected chi connectivity index (χ1v) is 9.42. The summed E-state index contributed by atoms with van der Waals surface area (Å²) in [6, 6.07) is 18.1. The number of para-hydroxylation sites is 2. The van der Waals surface area contributed by atoms with Crippen LogP contribution in [0.15, 0.2) is 67.0 Å². The third-order valence-corrected chi connectivity index (χ3v) is 4.89. The molecule has 0 saturated carbocycles. The van der Waals surface area contributed by atoms with E-state index in [2.05, 4.69) is 38.0 Å². The zero-order chi connectivity index (χ0) is 19.3. The van der Waals surface area contributed by atoms with E-state index in [9.17, 15) is 4.79 Å². The Morgan fingerprint density at radius 1 is 0.964 bits per heavy atom. The molecular formula is C22H24N4O2. The second-order valence-electron chi connectivity index (χ2n) is 6.69. The Balaban J connectivity index is 1.40. The molecule has 0 aliphatic carbocycles. The molecular weight excluding hydrogens is 352 g/mol. The van der Waals surface area contributed by atoms with E-state index in [-0.39, 0.29) is 6.03 Å². The number of hydrogen-bond donors (Lipinski definition) is 2. The van der Waals surface area contributed by atoms with Crippen LogP contribution in [0.5, 0.6) is 0 Å². The van der Waals surface area contributed by atoms with Crippen LogP contribution in [0.2, 0.25) is 0 Å². The average molecular weight is 376 g/mol. The quantitative estimate of drug-likeness (QED) is 0.511. The number of anilines is 1. The lowest BCUT2D eigenvalue weighted by atomic mass is 10.2. The van der Waals surface area contributed by atoms with Gasteiger partial charge in [-0.3, -0.25) is 0 Å². The number of aromatic nitrogens is 2. The van der Waals surface area contributed by atoms with Gasteiger partial charge in [0.25, 0.3) is 0 Å². The van der Waals surface area contributed by atoms with E-state index in [1.165, 1.54) is 10.9 Å². The van der Waals surface area contributed by atoms with E-state index < -0.39 is 0 Å². The van der Waals surface area contributed by atoms with Gasteiger partial charge in [-0.1, -0.05) is 36.4 Å². The van der Waals surface area contributed by atoms with Crippen LogP contribution >= 0.6 is 0 Å². The maximum absolute atomic E-state index is 12.4. The summed E-state index contributed by atoms with van der Waals surface area (Å²) in [4.78, 5) is 12.4. The van der Waals surface area contributed by atoms with Crippen molar-refractivity contribution in [3.8, 4) is 0 Å². The molecule has 0 spiro atoms. The summed E-state index contributed by atoms with van der Waals surface area (Å²) in [5, 5.41) is 8.15. The lowest BCUT2D eigenvalue weighted by molar-refractivity contribution is 0.188. The van der Waals surface area contributed by atoms with Crippen molar-refractivity contribution in [1.82, 2.24) is 14.5 Å². The number of methoxy groups -OCH3 is 1. The molecule has 4 aromatic rings. The van der Waals surface area contributed by atoms with Gasteiger partial charge >= 0.3 is 6.03 Å². The van der Waals surface area contributed by atoms with E-state index in [1.807, 2.05) is 48.8 Å². The van der Waals surface area contributed by atoms with Crippen LogP contribution in [0.3, 0.4) is 0 Å². The first-order valence-electron chi connectivity index (χ1n) is 9.42. The Morgan fingerprint density at radius 2 is 1.75 bits per heavy atom. The fraction of sp³-hybridized carbons (Fsp3) is 0.227. The number of rotatable bonds is 7. The topological polar surface area (TPSA) is 60.2 Å². The minimum atomic E-state index is -0.203. The summed E-state index contributed by atoms with van der Waals surface area (Å²) in [6.45, 7) is 2.62. The smallest absolute Gasteiger partial charge is 0.319 e. The van der Waals surface area contributed by atoms with Gasteiger partial charge in [0, 0.05) is 50.0 Å². The normalized spacial score (nSPS) is 11.2. The third-order valence-electron chi connectivity index (χ3n) is 4.89. The fourth-order valence-electron chi connectivity index (χ4n) is 3.51. The Morgan fingerprint density at radius 3 is 2.61 bits per heavy atom. The molecule has 2 amide bonds. The van der Waals surface area contributed by atoms with Gasteiger partial charge in [0.1, 0.15) is 0 Å². The fourth-order valence-corrected chi connectivity index (χ4v) is 3.51. The summed E-state index contributed by atoms with van der Waals surface area (Å²) < 4.78 is 9.42. The molecule has 0 bridgehead atoms. The number of ether oxygens (including phenoxy) is 1. The van der Waals surface area contributed by atoms with Gasteiger partial charge in [-0.15, -0.1) is 0 Å². The van der Waals surface area contributed by atoms with Crippen LogP contribution in [0.1, 0.15) is 0 Å². The highest BCUT2D eigenvalue weighted by molar-refractivity contribution is 6.01. The maximum Gasteiger partial charge on any atom is 0.319 e. The van der Waals surface area contributed by atoms with Gasteiger partial charge in [-0.05, 0) is 23.6 Å². The molecule has 0 aliphatic heterocycles. The monoisotopic (exact) mass is 376 g/mol. The molecule has 0 fully saturated rings. The SMILES string of the molecule is COCCn1cc(NC(=O)NCCn2ccc3ccccc32)c2ccccc21. The van der Waals surface area contributed by atoms with Gasteiger partial charge < -0.3 is 24.5 Å². The molecule has 144 valence electrons. The Labute approximate surface area is 163 Å². The summed E-state index contributed by atoms with van der Waals surface area (Å²) >= 11 is 0. The summed E-state index contributed by atoms with van der Waals surface area (Å²) in [5.74, 6) is 0. The van der Waals surface area contributed by atoms with E-state index in [4.69, 9.17) is 4.74 Å². The lowest BCUT2D eigenvalue weighted by Gasteiger charge is -2.09. The second kappa shape index (κ2) is 8.19. The lowest BCUT2D eigenvalue weighted by Crippen LogP contribution is -2.31. The molecule has 2 heterocycles. The van der Waals surface area contributed by atoms with E-state index in [0.29, 0.717) is 13.2 Å². The van der Waals surface area contributed by atoms with Crippen molar-refractivity contribution < 1.29 is 9.53 Å². The van der Waals surface area contributed by atoms with Crippen molar-refractivity contribution in [3.05, 3.63) is 67.0 Å². The standard InChI is InChI=1S/C22H24N4O2/c1-28-15-14-26-16-19(18-7-3-5-9-21(18)26)24-22(27)23-11-13-25-12-10-17-6-2-4-8-20(17)25/h2-10,12,16H,11,13-15H2,1H3,(H2,23,24,27). The maximum atomic E-state index is 12.4. The zero-order valence-corrected chi connectivity index (χ0v) is 15.9.